The van der Waals surface area contributed by atoms with Crippen LogP contribution in [0.2, 0.25) is 33.2 Å². The smallest absolute Gasteiger partial charge is 0.201 e. The van der Waals surface area contributed by atoms with Gasteiger partial charge in [0.05, 0.1) is 12.7 Å². The second-order valence-electron chi connectivity index (χ2n) is 11.0. The van der Waals surface area contributed by atoms with Crippen molar-refractivity contribution in [2.75, 3.05) is 6.61 Å². The van der Waals surface area contributed by atoms with Crippen molar-refractivity contribution in [2.45, 2.75) is 135 Å². The first kappa shape index (κ1) is 28.7. The van der Waals surface area contributed by atoms with Crippen LogP contribution in [0.25, 0.3) is 0 Å². The summed E-state index contributed by atoms with van der Waals surface area (Å²) in [5.74, 6) is 0. The maximum Gasteiger partial charge on any atom is 0.201 e. The van der Waals surface area contributed by atoms with Crippen molar-refractivity contribution in [3.05, 3.63) is 9.84 Å². The minimum atomic E-state index is -1.92. The highest BCUT2D eigenvalue weighted by molar-refractivity contribution is 14.1. The molecule has 0 aliphatic carbocycles. The third-order valence-electron chi connectivity index (χ3n) is 7.38. The molecule has 0 spiro atoms. The van der Waals surface area contributed by atoms with Gasteiger partial charge >= 0.3 is 0 Å². The van der Waals surface area contributed by atoms with Crippen LogP contribution in [0.4, 0.5) is 0 Å². The lowest BCUT2D eigenvalue weighted by Gasteiger charge is -2.46. The van der Waals surface area contributed by atoms with Crippen LogP contribution < -0.4 is 0 Å². The van der Waals surface area contributed by atoms with E-state index in [1.54, 1.807) is 0 Å². The molecule has 0 N–H and O–H groups in total. The van der Waals surface area contributed by atoms with E-state index in [0.717, 1.165) is 10.2 Å². The molecule has 0 aromatic heterocycles. The Bertz CT molecular complexity index is 515. The normalized spacial score (nSPS) is 21.4. The van der Waals surface area contributed by atoms with E-state index in [0.29, 0.717) is 39.9 Å². The molecular weight excluding hydrogens is 519 g/mol. The lowest BCUT2D eigenvalue weighted by Crippen LogP contribution is -2.52. The third kappa shape index (κ3) is 6.14. The first-order valence-corrected chi connectivity index (χ1v) is 17.4. The van der Waals surface area contributed by atoms with E-state index in [1.807, 2.05) is 0 Å². The summed E-state index contributed by atoms with van der Waals surface area (Å²) in [4.78, 5) is 0. The van der Waals surface area contributed by atoms with Gasteiger partial charge in [-0.15, -0.1) is 0 Å². The Hall–Kier alpha value is 0.624. The van der Waals surface area contributed by atoms with E-state index in [9.17, 15) is 0 Å². The highest BCUT2D eigenvalue weighted by Gasteiger charge is 2.48. The molecule has 30 heavy (non-hydrogen) atoms. The number of hydrogen-bond donors (Lipinski definition) is 0. The molecule has 0 bridgehead atoms. The monoisotopic (exact) mass is 568 g/mol. The molecule has 1 aliphatic heterocycles. The molecule has 0 amide bonds. The molecule has 0 aromatic carbocycles. The molecule has 0 saturated heterocycles. The molecule has 0 aromatic rings. The zero-order chi connectivity index (χ0) is 23.4. The van der Waals surface area contributed by atoms with Crippen LogP contribution in [-0.4, -0.2) is 35.4 Å². The lowest BCUT2D eigenvalue weighted by atomic mass is 10.1. The highest BCUT2D eigenvalue weighted by Crippen LogP contribution is 2.45. The Morgan fingerprint density at radius 1 is 0.800 bits per heavy atom. The van der Waals surface area contributed by atoms with Gasteiger partial charge in [0.15, 0.2) is 3.77 Å². The Morgan fingerprint density at radius 3 is 1.57 bits per heavy atom. The van der Waals surface area contributed by atoms with Gasteiger partial charge in [0.1, 0.15) is 6.10 Å². The van der Waals surface area contributed by atoms with Crippen LogP contribution >= 0.6 is 22.6 Å². The molecule has 2 atom stereocenters. The van der Waals surface area contributed by atoms with Crippen LogP contribution in [-0.2, 0) is 13.6 Å². The van der Waals surface area contributed by atoms with Crippen LogP contribution in [0.1, 0.15) is 89.5 Å². The van der Waals surface area contributed by atoms with E-state index in [4.69, 9.17) is 13.6 Å². The number of halogens is 1. The highest BCUT2D eigenvalue weighted by atomic mass is 127. The fourth-order valence-electron chi connectivity index (χ4n) is 6.31. The molecule has 6 heteroatoms. The largest absolute Gasteiger partial charge is 0.482 e. The van der Waals surface area contributed by atoms with Crippen molar-refractivity contribution in [2.24, 2.45) is 0 Å². The molecular formula is C24H49IO3Si2. The fraction of sp³-hybridized carbons (Fsp3) is 0.917. The van der Waals surface area contributed by atoms with Gasteiger partial charge in [-0.2, -0.15) is 0 Å². The molecule has 0 unspecified atom stereocenters. The van der Waals surface area contributed by atoms with Gasteiger partial charge in [0, 0.05) is 6.42 Å². The summed E-state index contributed by atoms with van der Waals surface area (Å²) in [6, 6.07) is 0. The molecule has 0 radical (unpaired) electrons. The van der Waals surface area contributed by atoms with Gasteiger partial charge < -0.3 is 13.6 Å². The van der Waals surface area contributed by atoms with E-state index in [-0.39, 0.29) is 12.2 Å². The minimum Gasteiger partial charge on any atom is -0.482 e. The number of rotatable bonds is 11. The Labute approximate surface area is 203 Å². The van der Waals surface area contributed by atoms with E-state index >= 15 is 0 Å². The van der Waals surface area contributed by atoms with Gasteiger partial charge in [-0.05, 0) is 61.9 Å². The minimum absolute atomic E-state index is 0.0770. The van der Waals surface area contributed by atoms with Crippen molar-refractivity contribution in [1.82, 2.24) is 0 Å². The standard InChI is InChI=1S/C24H49IO3Si2/c1-16(2)29(17(3)4,18(5)6)26-15-23-13-22(14-24(25)27-23)28-30(19(7)8,20(9)10)21(11)12/h14,16-23H,13,15H2,1-12H3/t22-,23-/m0/s1. The van der Waals surface area contributed by atoms with Crippen molar-refractivity contribution < 1.29 is 13.6 Å². The Kier molecular flexibility index (Phi) is 11.1. The maximum absolute atomic E-state index is 7.07. The zero-order valence-corrected chi connectivity index (χ0v) is 25.9. The summed E-state index contributed by atoms with van der Waals surface area (Å²) in [5, 5.41) is 0. The van der Waals surface area contributed by atoms with Gasteiger partial charge in [-0.25, -0.2) is 0 Å². The van der Waals surface area contributed by atoms with Crippen molar-refractivity contribution in [1.29, 1.82) is 0 Å². The lowest BCUT2D eigenvalue weighted by molar-refractivity contribution is 0.0273. The molecule has 1 heterocycles. The first-order chi connectivity index (χ1) is 13.7. The number of ether oxygens (including phenoxy) is 1. The van der Waals surface area contributed by atoms with Gasteiger partial charge in [0.25, 0.3) is 0 Å². The molecule has 1 rings (SSSR count). The molecule has 1 aliphatic rings. The summed E-state index contributed by atoms with van der Waals surface area (Å²) >= 11 is 2.32. The Morgan fingerprint density at radius 2 is 1.20 bits per heavy atom. The van der Waals surface area contributed by atoms with Gasteiger partial charge in [0.2, 0.25) is 16.6 Å². The van der Waals surface area contributed by atoms with Gasteiger partial charge in [-0.1, -0.05) is 83.1 Å². The number of hydrogen-bond acceptors (Lipinski definition) is 3. The molecule has 178 valence electrons. The summed E-state index contributed by atoms with van der Waals surface area (Å²) in [6.45, 7) is 28.9. The topological polar surface area (TPSA) is 27.7 Å². The van der Waals surface area contributed by atoms with Crippen molar-refractivity contribution in [3.63, 3.8) is 0 Å². The summed E-state index contributed by atoms with van der Waals surface area (Å²) < 4.78 is 21.1. The predicted molar refractivity (Wildman–Crippen MR) is 145 cm³/mol. The molecule has 3 nitrogen and oxygen atoms in total. The van der Waals surface area contributed by atoms with Crippen LogP contribution in [0.5, 0.6) is 0 Å². The van der Waals surface area contributed by atoms with Crippen LogP contribution in [0.15, 0.2) is 9.84 Å². The van der Waals surface area contributed by atoms with E-state index in [1.165, 1.54) is 0 Å². The van der Waals surface area contributed by atoms with E-state index < -0.39 is 16.6 Å². The van der Waals surface area contributed by atoms with Gasteiger partial charge in [-0.3, -0.25) is 0 Å². The summed E-state index contributed by atoms with van der Waals surface area (Å²) in [5.41, 5.74) is 3.53. The average Bonchev–Trinajstić information content (AvgIpc) is 2.57. The van der Waals surface area contributed by atoms with Crippen molar-refractivity contribution >= 4 is 39.2 Å². The average molecular weight is 569 g/mol. The first-order valence-electron chi connectivity index (χ1n) is 12.1. The third-order valence-corrected chi connectivity index (χ3v) is 20.2. The zero-order valence-electron chi connectivity index (χ0n) is 21.7. The second-order valence-corrected chi connectivity index (χ2v) is 23.0. The predicted octanol–water partition coefficient (Wildman–Crippen LogP) is 8.80. The van der Waals surface area contributed by atoms with E-state index in [2.05, 4.69) is 112 Å². The SMILES string of the molecule is CC(C)[Si](OC[C@@H]1C[C@H](O[Si](C(C)C)(C(C)C)C(C)C)C=C(I)O1)(C(C)C)C(C)C. The second kappa shape index (κ2) is 11.7. The summed E-state index contributed by atoms with van der Waals surface area (Å²) in [6.07, 6.45) is 3.30. The quantitative estimate of drug-likeness (QED) is 0.184. The van der Waals surface area contributed by atoms with Crippen molar-refractivity contribution in [3.8, 4) is 0 Å². The fourth-order valence-corrected chi connectivity index (χ4v) is 18.1. The van der Waals surface area contributed by atoms with Crippen LogP contribution in [0.3, 0.4) is 0 Å². The molecule has 0 saturated carbocycles. The maximum atomic E-state index is 7.07. The molecule has 0 fully saturated rings. The summed E-state index contributed by atoms with van der Waals surface area (Å²) in [7, 11) is -3.81. The Balaban J connectivity index is 3.03. The van der Waals surface area contributed by atoms with Crippen LogP contribution in [0, 0.1) is 0 Å².